The van der Waals surface area contributed by atoms with Crippen molar-refractivity contribution in [3.63, 3.8) is 0 Å². The second-order valence-electron chi connectivity index (χ2n) is 4.10. The van der Waals surface area contributed by atoms with Crippen LogP contribution >= 0.6 is 0 Å². The van der Waals surface area contributed by atoms with Gasteiger partial charge in [-0.25, -0.2) is 0 Å². The Bertz CT molecular complexity index is 289. The highest BCUT2D eigenvalue weighted by molar-refractivity contribution is 5.90. The summed E-state index contributed by atoms with van der Waals surface area (Å²) in [6.45, 7) is 2.83. The average Bonchev–Trinajstić information content (AvgIpc) is 2.72. The van der Waals surface area contributed by atoms with E-state index in [1.807, 2.05) is 13.1 Å². The zero-order valence-electron chi connectivity index (χ0n) is 10.4. The third kappa shape index (κ3) is 5.49. The molecular formula is C12H21N3O2. The van der Waals surface area contributed by atoms with Crippen LogP contribution in [0.5, 0.6) is 0 Å². The molecule has 0 unspecified atom stereocenters. The van der Waals surface area contributed by atoms with E-state index in [9.17, 15) is 9.59 Å². The second kappa shape index (κ2) is 7.84. The van der Waals surface area contributed by atoms with Crippen molar-refractivity contribution < 1.29 is 9.59 Å². The average molecular weight is 239 g/mol. The number of carbonyl (C=O) groups is 2. The molecule has 0 aromatic heterocycles. The number of nitrogens with one attached hydrogen (secondary N) is 2. The number of hydrogen-bond acceptors (Lipinski definition) is 3. The minimum absolute atomic E-state index is 0.00631. The van der Waals surface area contributed by atoms with Gasteiger partial charge < -0.3 is 15.5 Å². The first kappa shape index (κ1) is 13.7. The van der Waals surface area contributed by atoms with Crippen molar-refractivity contribution in [3.8, 4) is 0 Å². The molecule has 1 heterocycles. The van der Waals surface area contributed by atoms with E-state index in [0.29, 0.717) is 26.1 Å². The van der Waals surface area contributed by atoms with E-state index in [1.54, 1.807) is 11.0 Å². The van der Waals surface area contributed by atoms with Gasteiger partial charge in [0.1, 0.15) is 0 Å². The molecule has 5 heteroatoms. The van der Waals surface area contributed by atoms with Crippen molar-refractivity contribution >= 4 is 11.8 Å². The number of unbranched alkanes of at least 4 members (excludes halogenated alkanes) is 1. The highest BCUT2D eigenvalue weighted by Gasteiger charge is 2.15. The third-order valence-electron chi connectivity index (χ3n) is 2.68. The molecule has 0 atom stereocenters. The summed E-state index contributed by atoms with van der Waals surface area (Å²) in [7, 11) is 1.92. The molecule has 0 radical (unpaired) electrons. The van der Waals surface area contributed by atoms with E-state index in [2.05, 4.69) is 10.6 Å². The summed E-state index contributed by atoms with van der Waals surface area (Å²) in [4.78, 5) is 24.3. The van der Waals surface area contributed by atoms with Gasteiger partial charge in [0.25, 0.3) is 0 Å². The molecule has 0 saturated carbocycles. The standard InChI is InChI=1S/C12H21N3O2/c1-13-7-2-3-8-14-11(16)6-10-15-9-4-5-12(15)17/h4-5,13H,2-3,6-10H2,1H3,(H,14,16). The van der Waals surface area contributed by atoms with Crippen LogP contribution in [-0.2, 0) is 9.59 Å². The summed E-state index contributed by atoms with van der Waals surface area (Å²) in [5, 5.41) is 5.91. The maximum Gasteiger partial charge on any atom is 0.246 e. The molecule has 96 valence electrons. The number of carbonyl (C=O) groups excluding carboxylic acids is 2. The molecule has 17 heavy (non-hydrogen) atoms. The van der Waals surface area contributed by atoms with Gasteiger partial charge in [-0.15, -0.1) is 0 Å². The van der Waals surface area contributed by atoms with Crippen LogP contribution in [0.3, 0.4) is 0 Å². The van der Waals surface area contributed by atoms with E-state index < -0.39 is 0 Å². The van der Waals surface area contributed by atoms with Gasteiger partial charge in [0.2, 0.25) is 11.8 Å². The van der Waals surface area contributed by atoms with Crippen LogP contribution in [0.15, 0.2) is 12.2 Å². The summed E-state index contributed by atoms with van der Waals surface area (Å²) < 4.78 is 0. The monoisotopic (exact) mass is 239 g/mol. The predicted octanol–water partition coefficient (Wildman–Crippen LogP) is -0.109. The lowest BCUT2D eigenvalue weighted by atomic mass is 10.3. The summed E-state index contributed by atoms with van der Waals surface area (Å²) in [5.74, 6) is 0.0287. The normalized spacial score (nSPS) is 14.4. The number of hydrogen-bond donors (Lipinski definition) is 2. The zero-order chi connectivity index (χ0) is 12.5. The lowest BCUT2D eigenvalue weighted by Crippen LogP contribution is -2.32. The molecule has 0 saturated heterocycles. The molecule has 0 spiro atoms. The molecule has 1 aliphatic heterocycles. The molecule has 2 amide bonds. The highest BCUT2D eigenvalue weighted by atomic mass is 16.2. The number of nitrogens with zero attached hydrogens (tertiary/aromatic N) is 1. The lowest BCUT2D eigenvalue weighted by Gasteiger charge is -2.14. The molecule has 5 nitrogen and oxygen atoms in total. The van der Waals surface area contributed by atoms with Crippen molar-refractivity contribution in [2.24, 2.45) is 0 Å². The summed E-state index contributed by atoms with van der Waals surface area (Å²) in [5.41, 5.74) is 0. The third-order valence-corrected chi connectivity index (χ3v) is 2.68. The van der Waals surface area contributed by atoms with Crippen molar-refractivity contribution in [1.29, 1.82) is 0 Å². The van der Waals surface area contributed by atoms with Crippen LogP contribution in [0.2, 0.25) is 0 Å². The van der Waals surface area contributed by atoms with Crippen LogP contribution in [0.1, 0.15) is 19.3 Å². The van der Waals surface area contributed by atoms with E-state index in [4.69, 9.17) is 0 Å². The van der Waals surface area contributed by atoms with Gasteiger partial charge in [0.15, 0.2) is 0 Å². The maximum absolute atomic E-state index is 11.5. The Morgan fingerprint density at radius 3 is 2.82 bits per heavy atom. The van der Waals surface area contributed by atoms with E-state index in [-0.39, 0.29) is 11.8 Å². The van der Waals surface area contributed by atoms with Gasteiger partial charge >= 0.3 is 0 Å². The van der Waals surface area contributed by atoms with Crippen LogP contribution < -0.4 is 10.6 Å². The van der Waals surface area contributed by atoms with Gasteiger partial charge in [0.05, 0.1) is 0 Å². The van der Waals surface area contributed by atoms with Gasteiger partial charge in [-0.3, -0.25) is 9.59 Å². The Kier molecular flexibility index (Phi) is 6.32. The molecule has 2 N–H and O–H groups in total. The first-order chi connectivity index (χ1) is 8.24. The van der Waals surface area contributed by atoms with Crippen LogP contribution in [-0.4, -0.2) is 49.9 Å². The fourth-order valence-corrected chi connectivity index (χ4v) is 1.66. The van der Waals surface area contributed by atoms with Crippen molar-refractivity contribution in [2.45, 2.75) is 19.3 Å². The van der Waals surface area contributed by atoms with Gasteiger partial charge in [-0.2, -0.15) is 0 Å². The Labute approximate surface area is 102 Å². The molecule has 1 aliphatic rings. The van der Waals surface area contributed by atoms with Crippen LogP contribution in [0.4, 0.5) is 0 Å². The number of amides is 2. The molecular weight excluding hydrogens is 218 g/mol. The van der Waals surface area contributed by atoms with E-state index >= 15 is 0 Å². The van der Waals surface area contributed by atoms with Gasteiger partial charge in [-0.1, -0.05) is 6.08 Å². The molecule has 0 aromatic rings. The highest BCUT2D eigenvalue weighted by Crippen LogP contribution is 2.01. The van der Waals surface area contributed by atoms with Crippen LogP contribution in [0.25, 0.3) is 0 Å². The second-order valence-corrected chi connectivity index (χ2v) is 4.10. The topological polar surface area (TPSA) is 61.4 Å². The van der Waals surface area contributed by atoms with E-state index in [0.717, 1.165) is 19.4 Å². The molecule has 0 aliphatic carbocycles. The molecule has 0 aromatic carbocycles. The van der Waals surface area contributed by atoms with Crippen molar-refractivity contribution in [2.75, 3.05) is 33.2 Å². The zero-order valence-corrected chi connectivity index (χ0v) is 10.4. The Hall–Kier alpha value is -1.36. The first-order valence-corrected chi connectivity index (χ1v) is 6.11. The number of rotatable bonds is 8. The van der Waals surface area contributed by atoms with Crippen molar-refractivity contribution in [1.82, 2.24) is 15.5 Å². The van der Waals surface area contributed by atoms with Gasteiger partial charge in [0, 0.05) is 32.1 Å². The predicted molar refractivity (Wildman–Crippen MR) is 66.5 cm³/mol. The molecule has 1 rings (SSSR count). The van der Waals surface area contributed by atoms with E-state index in [1.165, 1.54) is 0 Å². The molecule has 0 bridgehead atoms. The van der Waals surface area contributed by atoms with Crippen LogP contribution in [0, 0.1) is 0 Å². The largest absolute Gasteiger partial charge is 0.356 e. The molecule has 0 fully saturated rings. The minimum Gasteiger partial charge on any atom is -0.356 e. The maximum atomic E-state index is 11.5. The SMILES string of the molecule is CNCCCCNC(=O)CCN1CC=CC1=O. The fraction of sp³-hybridized carbons (Fsp3) is 0.667. The Morgan fingerprint density at radius 2 is 2.18 bits per heavy atom. The fourth-order valence-electron chi connectivity index (χ4n) is 1.66. The summed E-state index contributed by atoms with van der Waals surface area (Å²) in [6, 6.07) is 0. The summed E-state index contributed by atoms with van der Waals surface area (Å²) >= 11 is 0. The van der Waals surface area contributed by atoms with Gasteiger partial charge in [-0.05, 0) is 26.4 Å². The smallest absolute Gasteiger partial charge is 0.246 e. The van der Waals surface area contributed by atoms with Crippen molar-refractivity contribution in [3.05, 3.63) is 12.2 Å². The minimum atomic E-state index is 0.00631. The Morgan fingerprint density at radius 1 is 1.41 bits per heavy atom. The quantitative estimate of drug-likeness (QED) is 0.581. The lowest BCUT2D eigenvalue weighted by molar-refractivity contribution is -0.125. The summed E-state index contributed by atoms with van der Waals surface area (Å²) in [6.07, 6.45) is 5.80. The Balaban J connectivity index is 1.99. The first-order valence-electron chi connectivity index (χ1n) is 6.11.